The van der Waals surface area contributed by atoms with Crippen molar-refractivity contribution < 1.29 is 9.59 Å². The third-order valence-electron chi connectivity index (χ3n) is 5.74. The molecule has 1 aliphatic carbocycles. The van der Waals surface area contributed by atoms with Gasteiger partial charge in [0.2, 0.25) is 11.8 Å². The van der Waals surface area contributed by atoms with E-state index in [-0.39, 0.29) is 11.8 Å². The largest absolute Gasteiger partial charge is 0.304 e. The van der Waals surface area contributed by atoms with Gasteiger partial charge in [-0.2, -0.15) is 0 Å². The van der Waals surface area contributed by atoms with Crippen molar-refractivity contribution in [3.63, 3.8) is 0 Å². The van der Waals surface area contributed by atoms with E-state index in [4.69, 9.17) is 0 Å². The molecule has 0 N–H and O–H groups in total. The molecule has 1 aliphatic heterocycles. The number of imide groups is 1. The number of aryl methyl sites for hydroxylation is 1. The van der Waals surface area contributed by atoms with Crippen molar-refractivity contribution in [3.8, 4) is 0 Å². The molecule has 0 saturated carbocycles. The summed E-state index contributed by atoms with van der Waals surface area (Å²) in [6.45, 7) is 7.80. The smallest absolute Gasteiger partial charge is 0.240 e. The standard InChI is InChI=1S/C20H28N2O2/c1-3-21(4-2)13-8-14-22-18(23)15-20(19(22)24)12-7-10-16-9-5-6-11-17(16)20/h5-6,9,11H,3-4,7-8,10,12-15H2,1-2H3/t20-/m0/s1. The van der Waals surface area contributed by atoms with Crippen LogP contribution in [0.2, 0.25) is 0 Å². The second kappa shape index (κ2) is 7.06. The van der Waals surface area contributed by atoms with Crippen molar-refractivity contribution in [1.82, 2.24) is 9.80 Å². The van der Waals surface area contributed by atoms with Crippen LogP contribution in [0, 0.1) is 0 Å². The Bertz CT molecular complexity index is 624. The van der Waals surface area contributed by atoms with E-state index < -0.39 is 5.41 Å². The van der Waals surface area contributed by atoms with Crippen molar-refractivity contribution >= 4 is 11.8 Å². The number of nitrogens with zero attached hydrogens (tertiary/aromatic N) is 2. The molecule has 0 bridgehead atoms. The molecule has 1 fully saturated rings. The van der Waals surface area contributed by atoms with Gasteiger partial charge in [-0.3, -0.25) is 14.5 Å². The lowest BCUT2D eigenvalue weighted by atomic mass is 9.69. The summed E-state index contributed by atoms with van der Waals surface area (Å²) in [5.74, 6) is 0.0513. The zero-order valence-corrected chi connectivity index (χ0v) is 14.9. The molecule has 4 nitrogen and oxygen atoms in total. The maximum atomic E-state index is 13.2. The Kier molecular flexibility index (Phi) is 5.04. The Morgan fingerprint density at radius 1 is 1.17 bits per heavy atom. The topological polar surface area (TPSA) is 40.6 Å². The number of hydrogen-bond donors (Lipinski definition) is 0. The van der Waals surface area contributed by atoms with Gasteiger partial charge in [0.1, 0.15) is 0 Å². The molecule has 2 aliphatic rings. The summed E-state index contributed by atoms with van der Waals surface area (Å²) in [4.78, 5) is 29.6. The van der Waals surface area contributed by atoms with Gasteiger partial charge >= 0.3 is 0 Å². The monoisotopic (exact) mass is 328 g/mol. The first kappa shape index (κ1) is 17.2. The van der Waals surface area contributed by atoms with Crippen molar-refractivity contribution in [3.05, 3.63) is 35.4 Å². The van der Waals surface area contributed by atoms with E-state index in [2.05, 4.69) is 30.9 Å². The number of hydrogen-bond acceptors (Lipinski definition) is 3. The van der Waals surface area contributed by atoms with Gasteiger partial charge in [0.05, 0.1) is 5.41 Å². The number of likely N-dealkylation sites (tertiary alicyclic amines) is 1. The van der Waals surface area contributed by atoms with Crippen LogP contribution < -0.4 is 0 Å². The highest BCUT2D eigenvalue weighted by Crippen LogP contribution is 2.45. The van der Waals surface area contributed by atoms with Gasteiger partial charge in [0, 0.05) is 13.0 Å². The first-order chi connectivity index (χ1) is 11.6. The number of benzene rings is 1. The van der Waals surface area contributed by atoms with Crippen molar-refractivity contribution in [2.24, 2.45) is 0 Å². The van der Waals surface area contributed by atoms with Gasteiger partial charge in [-0.05, 0) is 56.4 Å². The molecule has 0 aromatic heterocycles. The van der Waals surface area contributed by atoms with Crippen LogP contribution in [0.15, 0.2) is 24.3 Å². The molecule has 0 unspecified atom stereocenters. The molecule has 1 atom stereocenters. The van der Waals surface area contributed by atoms with Crippen molar-refractivity contribution in [2.75, 3.05) is 26.2 Å². The van der Waals surface area contributed by atoms with Gasteiger partial charge in [0.15, 0.2) is 0 Å². The van der Waals surface area contributed by atoms with E-state index in [1.165, 1.54) is 10.5 Å². The first-order valence-corrected chi connectivity index (χ1v) is 9.28. The lowest BCUT2D eigenvalue weighted by Crippen LogP contribution is -2.41. The molecule has 1 saturated heterocycles. The van der Waals surface area contributed by atoms with E-state index in [0.717, 1.165) is 50.9 Å². The second-order valence-corrected chi connectivity index (χ2v) is 7.00. The van der Waals surface area contributed by atoms with E-state index in [1.807, 2.05) is 12.1 Å². The fourth-order valence-electron chi connectivity index (χ4n) is 4.35. The predicted octanol–water partition coefficient (Wildman–Crippen LogP) is 2.75. The fourth-order valence-corrected chi connectivity index (χ4v) is 4.35. The third-order valence-corrected chi connectivity index (χ3v) is 5.74. The molecule has 0 radical (unpaired) electrons. The molecule has 1 spiro atoms. The molecular formula is C20H28N2O2. The van der Waals surface area contributed by atoms with E-state index in [1.54, 1.807) is 0 Å². The normalized spacial score (nSPS) is 23.4. The highest BCUT2D eigenvalue weighted by atomic mass is 16.2. The lowest BCUT2D eigenvalue weighted by molar-refractivity contribution is -0.140. The fraction of sp³-hybridized carbons (Fsp3) is 0.600. The second-order valence-electron chi connectivity index (χ2n) is 7.00. The minimum atomic E-state index is -0.582. The van der Waals surface area contributed by atoms with Gasteiger partial charge in [-0.15, -0.1) is 0 Å². The van der Waals surface area contributed by atoms with Crippen molar-refractivity contribution in [1.29, 1.82) is 0 Å². The Hall–Kier alpha value is -1.68. The summed E-state index contributed by atoms with van der Waals surface area (Å²) < 4.78 is 0. The quantitative estimate of drug-likeness (QED) is 0.754. The Morgan fingerprint density at radius 3 is 2.67 bits per heavy atom. The first-order valence-electron chi connectivity index (χ1n) is 9.28. The summed E-state index contributed by atoms with van der Waals surface area (Å²) in [7, 11) is 0. The minimum Gasteiger partial charge on any atom is -0.304 e. The van der Waals surface area contributed by atoms with Crippen LogP contribution in [0.25, 0.3) is 0 Å². The third kappa shape index (κ3) is 2.88. The Balaban J connectivity index is 1.75. The van der Waals surface area contributed by atoms with E-state index in [9.17, 15) is 9.59 Å². The molecular weight excluding hydrogens is 300 g/mol. The zero-order chi connectivity index (χ0) is 17.2. The molecule has 1 heterocycles. The maximum Gasteiger partial charge on any atom is 0.240 e. The van der Waals surface area contributed by atoms with Gasteiger partial charge in [-0.1, -0.05) is 38.1 Å². The van der Waals surface area contributed by atoms with Gasteiger partial charge in [-0.25, -0.2) is 0 Å². The minimum absolute atomic E-state index is 0.0104. The van der Waals surface area contributed by atoms with Crippen molar-refractivity contribution in [2.45, 2.75) is 51.4 Å². The van der Waals surface area contributed by atoms with Crippen LogP contribution in [0.4, 0.5) is 0 Å². The number of fused-ring (bicyclic) bond motifs is 2. The van der Waals surface area contributed by atoms with E-state index in [0.29, 0.717) is 13.0 Å². The molecule has 1 aromatic rings. The maximum absolute atomic E-state index is 13.2. The highest BCUT2D eigenvalue weighted by Gasteiger charge is 2.53. The predicted molar refractivity (Wildman–Crippen MR) is 94.8 cm³/mol. The Morgan fingerprint density at radius 2 is 1.92 bits per heavy atom. The molecule has 130 valence electrons. The molecule has 4 heteroatoms. The number of amides is 2. The zero-order valence-electron chi connectivity index (χ0n) is 14.9. The number of carbonyl (C=O) groups is 2. The van der Waals surface area contributed by atoms with Crippen LogP contribution in [0.5, 0.6) is 0 Å². The number of carbonyl (C=O) groups excluding carboxylic acids is 2. The van der Waals surface area contributed by atoms with Crippen LogP contribution in [0.1, 0.15) is 50.7 Å². The van der Waals surface area contributed by atoms with Crippen LogP contribution >= 0.6 is 0 Å². The van der Waals surface area contributed by atoms with E-state index >= 15 is 0 Å². The van der Waals surface area contributed by atoms with Crippen LogP contribution in [-0.4, -0.2) is 47.8 Å². The molecule has 3 rings (SSSR count). The number of rotatable bonds is 6. The van der Waals surface area contributed by atoms with Gasteiger partial charge < -0.3 is 4.90 Å². The summed E-state index contributed by atoms with van der Waals surface area (Å²) in [6, 6.07) is 8.18. The molecule has 24 heavy (non-hydrogen) atoms. The summed E-state index contributed by atoms with van der Waals surface area (Å²) in [5, 5.41) is 0. The molecule has 2 amide bonds. The summed E-state index contributed by atoms with van der Waals surface area (Å²) >= 11 is 0. The van der Waals surface area contributed by atoms with Crippen LogP contribution in [-0.2, 0) is 21.4 Å². The Labute approximate surface area is 144 Å². The molecule has 1 aromatic carbocycles. The summed E-state index contributed by atoms with van der Waals surface area (Å²) in [5.41, 5.74) is 1.76. The average Bonchev–Trinajstić information content (AvgIpc) is 2.84. The lowest BCUT2D eigenvalue weighted by Gasteiger charge is -2.33. The average molecular weight is 328 g/mol. The van der Waals surface area contributed by atoms with Crippen LogP contribution in [0.3, 0.4) is 0 Å². The van der Waals surface area contributed by atoms with Gasteiger partial charge in [0.25, 0.3) is 0 Å². The SMILES string of the molecule is CCN(CC)CCCN1C(=O)C[C@]2(CCCc3ccccc32)C1=O. The highest BCUT2D eigenvalue weighted by molar-refractivity contribution is 6.09. The summed E-state index contributed by atoms with van der Waals surface area (Å²) in [6.07, 6.45) is 4.02.